The molecule has 1 aromatic heterocycles. The van der Waals surface area contributed by atoms with Gasteiger partial charge in [-0.2, -0.15) is 0 Å². The second-order valence-electron chi connectivity index (χ2n) is 6.88. The highest BCUT2D eigenvalue weighted by atomic mass is 32.2. The van der Waals surface area contributed by atoms with Crippen molar-refractivity contribution in [3.8, 4) is 17.2 Å². The van der Waals surface area contributed by atoms with Crippen molar-refractivity contribution in [1.29, 1.82) is 0 Å². The molecule has 160 valence electrons. The number of nitro groups is 1. The number of fused-ring (bicyclic) bond motifs is 1. The maximum Gasteiger partial charge on any atom is 0.296 e. The van der Waals surface area contributed by atoms with Crippen molar-refractivity contribution >= 4 is 29.0 Å². The molecule has 2 aromatic carbocycles. The van der Waals surface area contributed by atoms with E-state index in [-0.39, 0.29) is 23.0 Å². The molecule has 1 amide bonds. The smallest absolute Gasteiger partial charge is 0.296 e. The van der Waals surface area contributed by atoms with Crippen LogP contribution in [0.5, 0.6) is 11.5 Å². The predicted octanol–water partition coefficient (Wildman–Crippen LogP) is 3.98. The summed E-state index contributed by atoms with van der Waals surface area (Å²) in [7, 11) is 0. The number of hydrogen-bond acceptors (Lipinski definition) is 7. The van der Waals surface area contributed by atoms with Gasteiger partial charge < -0.3 is 14.8 Å². The summed E-state index contributed by atoms with van der Waals surface area (Å²) in [4.78, 5) is 27.8. The van der Waals surface area contributed by atoms with Gasteiger partial charge in [0, 0.05) is 30.6 Å². The maximum absolute atomic E-state index is 12.6. The Kier molecular flexibility index (Phi) is 6.08. The van der Waals surface area contributed by atoms with E-state index in [9.17, 15) is 14.9 Å². The van der Waals surface area contributed by atoms with Crippen molar-refractivity contribution in [1.82, 2.24) is 9.55 Å². The normalized spacial score (nSPS) is 12.8. The van der Waals surface area contributed by atoms with Crippen molar-refractivity contribution in [2.24, 2.45) is 0 Å². The van der Waals surface area contributed by atoms with Gasteiger partial charge in [-0.3, -0.25) is 19.5 Å². The van der Waals surface area contributed by atoms with Gasteiger partial charge in [0.05, 0.1) is 30.0 Å². The van der Waals surface area contributed by atoms with E-state index in [1.807, 2.05) is 42.0 Å². The zero-order valence-corrected chi connectivity index (χ0v) is 17.6. The van der Waals surface area contributed by atoms with Crippen molar-refractivity contribution in [2.45, 2.75) is 18.5 Å². The molecule has 0 aliphatic carbocycles. The van der Waals surface area contributed by atoms with E-state index in [0.29, 0.717) is 36.3 Å². The third kappa shape index (κ3) is 4.80. The molecule has 2 heterocycles. The molecule has 31 heavy (non-hydrogen) atoms. The SMILES string of the molecule is Cc1cccc(-n2ccnc2SCC(=O)Nc2cc3c(cc2[N+](=O)[O-])OCCCO3)c1. The lowest BCUT2D eigenvalue weighted by Crippen LogP contribution is -2.16. The number of anilines is 1. The molecule has 4 rings (SSSR count). The Morgan fingerprint density at radius 2 is 2.03 bits per heavy atom. The van der Waals surface area contributed by atoms with E-state index < -0.39 is 4.92 Å². The molecule has 0 bridgehead atoms. The molecule has 10 heteroatoms. The number of aryl methyl sites for hydroxylation is 1. The zero-order chi connectivity index (χ0) is 21.8. The summed E-state index contributed by atoms with van der Waals surface area (Å²) in [5.74, 6) is 0.327. The highest BCUT2D eigenvalue weighted by molar-refractivity contribution is 7.99. The number of carbonyl (C=O) groups excluding carboxylic acids is 1. The molecule has 9 nitrogen and oxygen atoms in total. The molecule has 0 saturated carbocycles. The van der Waals surface area contributed by atoms with Gasteiger partial charge in [-0.05, 0) is 24.6 Å². The number of nitrogens with one attached hydrogen (secondary N) is 1. The van der Waals surface area contributed by atoms with Gasteiger partial charge >= 0.3 is 0 Å². The number of benzene rings is 2. The Morgan fingerprint density at radius 3 is 2.77 bits per heavy atom. The summed E-state index contributed by atoms with van der Waals surface area (Å²) in [5.41, 5.74) is 1.88. The minimum Gasteiger partial charge on any atom is -0.489 e. The molecule has 1 aliphatic heterocycles. The number of carbonyl (C=O) groups is 1. The summed E-state index contributed by atoms with van der Waals surface area (Å²) in [6.07, 6.45) is 4.16. The first-order valence-electron chi connectivity index (χ1n) is 9.62. The maximum atomic E-state index is 12.6. The lowest BCUT2D eigenvalue weighted by molar-refractivity contribution is -0.384. The Balaban J connectivity index is 1.48. The highest BCUT2D eigenvalue weighted by Gasteiger charge is 2.23. The van der Waals surface area contributed by atoms with Gasteiger partial charge in [-0.1, -0.05) is 23.9 Å². The van der Waals surface area contributed by atoms with E-state index in [2.05, 4.69) is 10.3 Å². The second kappa shape index (κ2) is 9.09. The van der Waals surface area contributed by atoms with Crippen LogP contribution in [0.1, 0.15) is 12.0 Å². The van der Waals surface area contributed by atoms with Crippen LogP contribution in [0.15, 0.2) is 53.9 Å². The number of amides is 1. The van der Waals surface area contributed by atoms with Gasteiger partial charge in [-0.25, -0.2) is 4.98 Å². The molecule has 0 spiro atoms. The number of rotatable bonds is 6. The fourth-order valence-electron chi connectivity index (χ4n) is 3.14. The van der Waals surface area contributed by atoms with Crippen LogP contribution in [0.4, 0.5) is 11.4 Å². The number of ether oxygens (including phenoxy) is 2. The fraction of sp³-hybridized carbons (Fsp3) is 0.238. The van der Waals surface area contributed by atoms with Gasteiger partial charge in [-0.15, -0.1) is 0 Å². The van der Waals surface area contributed by atoms with Gasteiger partial charge in [0.2, 0.25) is 5.91 Å². The summed E-state index contributed by atoms with van der Waals surface area (Å²) in [6, 6.07) is 10.7. The number of hydrogen-bond donors (Lipinski definition) is 1. The molecule has 3 aromatic rings. The summed E-state index contributed by atoms with van der Waals surface area (Å²) >= 11 is 1.24. The Hall–Kier alpha value is -3.53. The third-order valence-electron chi connectivity index (χ3n) is 4.56. The Bertz CT molecular complexity index is 1130. The van der Waals surface area contributed by atoms with Crippen molar-refractivity contribution in [3.63, 3.8) is 0 Å². The number of imidazole rings is 1. The van der Waals surface area contributed by atoms with Crippen LogP contribution < -0.4 is 14.8 Å². The van der Waals surface area contributed by atoms with E-state index >= 15 is 0 Å². The molecule has 0 radical (unpaired) electrons. The minimum atomic E-state index is -0.554. The summed E-state index contributed by atoms with van der Waals surface area (Å²) < 4.78 is 13.0. The van der Waals surface area contributed by atoms with Gasteiger partial charge in [0.25, 0.3) is 5.69 Å². The zero-order valence-electron chi connectivity index (χ0n) is 16.7. The van der Waals surface area contributed by atoms with Crippen molar-refractivity contribution in [3.05, 3.63) is 64.5 Å². The Labute approximate surface area is 182 Å². The quantitative estimate of drug-likeness (QED) is 0.351. The molecule has 0 saturated heterocycles. The van der Waals surface area contributed by atoms with Crippen LogP contribution >= 0.6 is 11.8 Å². The van der Waals surface area contributed by atoms with Crippen molar-refractivity contribution < 1.29 is 19.2 Å². The van der Waals surface area contributed by atoms with Crippen molar-refractivity contribution in [2.75, 3.05) is 24.3 Å². The first kappa shape index (κ1) is 20.7. The molecule has 0 atom stereocenters. The van der Waals surface area contributed by atoms with Crippen LogP contribution in [0, 0.1) is 17.0 Å². The highest BCUT2D eigenvalue weighted by Crippen LogP contribution is 2.39. The predicted molar refractivity (Wildman–Crippen MR) is 116 cm³/mol. The Morgan fingerprint density at radius 1 is 1.26 bits per heavy atom. The van der Waals surface area contributed by atoms with Crippen LogP contribution in [-0.4, -0.2) is 39.3 Å². The molecule has 1 aliphatic rings. The monoisotopic (exact) mass is 440 g/mol. The molecular formula is C21H20N4O5S. The number of nitrogens with zero attached hydrogens (tertiary/aromatic N) is 3. The topological polar surface area (TPSA) is 109 Å². The first-order valence-corrected chi connectivity index (χ1v) is 10.6. The van der Waals surface area contributed by atoms with Crippen LogP contribution in [0.25, 0.3) is 5.69 Å². The minimum absolute atomic E-state index is 0.0361. The summed E-state index contributed by atoms with van der Waals surface area (Å²) in [6.45, 7) is 2.86. The number of nitro benzene ring substituents is 1. The third-order valence-corrected chi connectivity index (χ3v) is 5.52. The van der Waals surface area contributed by atoms with E-state index in [4.69, 9.17) is 9.47 Å². The molecule has 1 N–H and O–H groups in total. The average molecular weight is 440 g/mol. The number of thioether (sulfide) groups is 1. The van der Waals surface area contributed by atoms with E-state index in [1.165, 1.54) is 23.9 Å². The first-order chi connectivity index (χ1) is 15.0. The average Bonchev–Trinajstić information content (AvgIpc) is 3.09. The van der Waals surface area contributed by atoms with E-state index in [0.717, 1.165) is 11.3 Å². The van der Waals surface area contributed by atoms with Crippen LogP contribution in [-0.2, 0) is 4.79 Å². The second-order valence-corrected chi connectivity index (χ2v) is 7.82. The number of aromatic nitrogens is 2. The lowest BCUT2D eigenvalue weighted by Gasteiger charge is -2.11. The lowest BCUT2D eigenvalue weighted by atomic mass is 10.2. The van der Waals surface area contributed by atoms with Gasteiger partial charge in [0.15, 0.2) is 16.7 Å². The molecular weight excluding hydrogens is 420 g/mol. The van der Waals surface area contributed by atoms with Gasteiger partial charge in [0.1, 0.15) is 5.69 Å². The standard InChI is InChI=1S/C21H20N4O5S/c1-14-4-2-5-15(10-14)24-7-6-22-21(24)31-13-20(26)23-16-11-18-19(12-17(16)25(27)28)30-9-3-8-29-18/h2,4-7,10-12H,3,8-9,13H2,1H3,(H,23,26). The molecule has 0 unspecified atom stereocenters. The fourth-order valence-corrected chi connectivity index (χ4v) is 3.91. The van der Waals surface area contributed by atoms with E-state index in [1.54, 1.807) is 6.20 Å². The summed E-state index contributed by atoms with van der Waals surface area (Å²) in [5, 5.41) is 14.8. The molecule has 0 fully saturated rings. The largest absolute Gasteiger partial charge is 0.489 e. The van der Waals surface area contributed by atoms with Crippen LogP contribution in [0.3, 0.4) is 0 Å². The van der Waals surface area contributed by atoms with Crippen LogP contribution in [0.2, 0.25) is 0 Å².